The Morgan fingerprint density at radius 3 is 2.32 bits per heavy atom. The van der Waals surface area contributed by atoms with E-state index < -0.39 is 10.0 Å². The van der Waals surface area contributed by atoms with Crippen LogP contribution < -0.4 is 10.5 Å². The number of nitrogens with two attached hydrogens (primary N) is 1. The fraction of sp³-hybridized carbons (Fsp3) is 0.300. The maximum atomic E-state index is 12.4. The number of carbonyl (C=O) groups excluding carboxylic acids is 2. The molecule has 1 saturated heterocycles. The molecule has 28 heavy (non-hydrogen) atoms. The average Bonchev–Trinajstić information content (AvgIpc) is 3.02. The zero-order valence-corrected chi connectivity index (χ0v) is 16.4. The first kappa shape index (κ1) is 20.0. The zero-order valence-electron chi connectivity index (χ0n) is 15.6. The molecule has 1 atom stereocenters. The van der Waals surface area contributed by atoms with Crippen LogP contribution in [0.1, 0.15) is 23.1 Å². The SMILES string of the molecule is Cc1ccc(CN2C[C@H](C(=O)NCc3ccc(S(N)(=O)=O)cc3)CC2=O)cc1. The van der Waals surface area contributed by atoms with Crippen LogP contribution in [-0.4, -0.2) is 31.7 Å². The van der Waals surface area contributed by atoms with Gasteiger partial charge in [-0.2, -0.15) is 0 Å². The molecule has 0 saturated carbocycles. The van der Waals surface area contributed by atoms with Crippen LogP contribution in [0, 0.1) is 12.8 Å². The first-order chi connectivity index (χ1) is 13.2. The number of amides is 2. The minimum absolute atomic E-state index is 0.0238. The van der Waals surface area contributed by atoms with Gasteiger partial charge < -0.3 is 10.2 Å². The molecular formula is C20H23N3O4S. The van der Waals surface area contributed by atoms with Gasteiger partial charge in [-0.05, 0) is 30.2 Å². The predicted octanol–water partition coefficient (Wildman–Crippen LogP) is 1.31. The number of carbonyl (C=O) groups is 2. The van der Waals surface area contributed by atoms with E-state index in [4.69, 9.17) is 5.14 Å². The summed E-state index contributed by atoms with van der Waals surface area (Å²) >= 11 is 0. The van der Waals surface area contributed by atoms with Crippen LogP contribution in [0.15, 0.2) is 53.4 Å². The second-order valence-corrected chi connectivity index (χ2v) is 8.63. The Balaban J connectivity index is 1.53. The van der Waals surface area contributed by atoms with Crippen LogP contribution in [0.5, 0.6) is 0 Å². The molecule has 0 unspecified atom stereocenters. The van der Waals surface area contributed by atoms with Crippen LogP contribution in [0.25, 0.3) is 0 Å². The summed E-state index contributed by atoms with van der Waals surface area (Å²) in [4.78, 5) is 26.4. The molecule has 1 aliphatic rings. The summed E-state index contributed by atoms with van der Waals surface area (Å²) < 4.78 is 22.5. The smallest absolute Gasteiger partial charge is 0.238 e. The Labute approximate surface area is 164 Å². The highest BCUT2D eigenvalue weighted by atomic mass is 32.2. The highest BCUT2D eigenvalue weighted by molar-refractivity contribution is 7.89. The molecule has 2 aromatic carbocycles. The molecule has 2 amide bonds. The van der Waals surface area contributed by atoms with Crippen molar-refractivity contribution in [3.63, 3.8) is 0 Å². The van der Waals surface area contributed by atoms with Crippen molar-refractivity contribution in [1.82, 2.24) is 10.2 Å². The third-order valence-electron chi connectivity index (χ3n) is 4.80. The number of nitrogens with zero attached hydrogens (tertiary/aromatic N) is 1. The molecule has 1 heterocycles. The molecule has 3 rings (SSSR count). The molecule has 0 aromatic heterocycles. The number of aryl methyl sites for hydroxylation is 1. The minimum atomic E-state index is -3.73. The summed E-state index contributed by atoms with van der Waals surface area (Å²) in [6, 6.07) is 14.0. The molecular weight excluding hydrogens is 378 g/mol. The number of benzene rings is 2. The highest BCUT2D eigenvalue weighted by Crippen LogP contribution is 2.21. The van der Waals surface area contributed by atoms with Crippen LogP contribution in [0.3, 0.4) is 0 Å². The Bertz CT molecular complexity index is 970. The minimum Gasteiger partial charge on any atom is -0.352 e. The van der Waals surface area contributed by atoms with Crippen LogP contribution in [0.2, 0.25) is 0 Å². The average molecular weight is 401 g/mol. The van der Waals surface area contributed by atoms with Gasteiger partial charge in [-0.25, -0.2) is 13.6 Å². The predicted molar refractivity (Wildman–Crippen MR) is 104 cm³/mol. The standard InChI is InChI=1S/C20H23N3O4S/c1-14-2-4-16(5-3-14)12-23-13-17(10-19(23)24)20(25)22-11-15-6-8-18(9-7-15)28(21,26)27/h2-9,17H,10-13H2,1H3,(H,22,25)(H2,21,26,27)/t17-/m1/s1. The van der Waals surface area contributed by atoms with E-state index in [1.165, 1.54) is 12.1 Å². The van der Waals surface area contributed by atoms with E-state index in [-0.39, 0.29) is 35.6 Å². The number of likely N-dealkylation sites (tertiary alicyclic amines) is 1. The summed E-state index contributed by atoms with van der Waals surface area (Å²) in [6.45, 7) is 3.15. The summed E-state index contributed by atoms with van der Waals surface area (Å²) in [5, 5.41) is 7.88. The van der Waals surface area contributed by atoms with E-state index in [9.17, 15) is 18.0 Å². The molecule has 1 fully saturated rings. The van der Waals surface area contributed by atoms with Crippen molar-refractivity contribution in [1.29, 1.82) is 0 Å². The van der Waals surface area contributed by atoms with Crippen LogP contribution in [0.4, 0.5) is 0 Å². The Kier molecular flexibility index (Phi) is 5.81. The number of nitrogens with one attached hydrogen (secondary N) is 1. The van der Waals surface area contributed by atoms with Gasteiger partial charge in [0.2, 0.25) is 21.8 Å². The van der Waals surface area contributed by atoms with Crippen molar-refractivity contribution in [3.8, 4) is 0 Å². The van der Waals surface area contributed by atoms with Crippen molar-refractivity contribution >= 4 is 21.8 Å². The van der Waals surface area contributed by atoms with Gasteiger partial charge in [0.25, 0.3) is 0 Å². The largest absolute Gasteiger partial charge is 0.352 e. The van der Waals surface area contributed by atoms with E-state index in [1.807, 2.05) is 31.2 Å². The second-order valence-electron chi connectivity index (χ2n) is 7.07. The summed E-state index contributed by atoms with van der Waals surface area (Å²) in [5.41, 5.74) is 2.95. The summed E-state index contributed by atoms with van der Waals surface area (Å²) in [7, 11) is -3.73. The molecule has 0 aliphatic carbocycles. The van der Waals surface area contributed by atoms with Gasteiger partial charge in [0, 0.05) is 26.1 Å². The van der Waals surface area contributed by atoms with Gasteiger partial charge in [0.05, 0.1) is 10.8 Å². The number of primary sulfonamides is 1. The fourth-order valence-corrected chi connectivity index (χ4v) is 3.66. The molecule has 148 valence electrons. The lowest BCUT2D eigenvalue weighted by Gasteiger charge is -2.17. The molecule has 0 radical (unpaired) electrons. The zero-order chi connectivity index (χ0) is 20.3. The van der Waals surface area contributed by atoms with Crippen molar-refractivity contribution in [2.24, 2.45) is 11.1 Å². The quantitative estimate of drug-likeness (QED) is 0.760. The molecule has 1 aliphatic heterocycles. The first-order valence-corrected chi connectivity index (χ1v) is 10.5. The van der Waals surface area contributed by atoms with Gasteiger partial charge in [0.15, 0.2) is 0 Å². The van der Waals surface area contributed by atoms with Crippen molar-refractivity contribution in [2.45, 2.75) is 31.3 Å². The van der Waals surface area contributed by atoms with Crippen molar-refractivity contribution in [2.75, 3.05) is 6.54 Å². The van der Waals surface area contributed by atoms with E-state index in [0.29, 0.717) is 13.1 Å². The number of hydrogen-bond acceptors (Lipinski definition) is 4. The Morgan fingerprint density at radius 2 is 1.71 bits per heavy atom. The number of rotatable bonds is 6. The molecule has 3 N–H and O–H groups in total. The van der Waals surface area contributed by atoms with Crippen LogP contribution in [-0.2, 0) is 32.7 Å². The second kappa shape index (κ2) is 8.12. The van der Waals surface area contributed by atoms with Gasteiger partial charge in [-0.15, -0.1) is 0 Å². The van der Waals surface area contributed by atoms with E-state index in [1.54, 1.807) is 17.0 Å². The van der Waals surface area contributed by atoms with E-state index in [0.717, 1.165) is 16.7 Å². The molecule has 8 heteroatoms. The number of hydrogen-bond donors (Lipinski definition) is 2. The third kappa shape index (κ3) is 4.96. The van der Waals surface area contributed by atoms with E-state index in [2.05, 4.69) is 5.32 Å². The summed E-state index contributed by atoms with van der Waals surface area (Å²) in [5.74, 6) is -0.602. The normalized spacial score (nSPS) is 17.0. The fourth-order valence-electron chi connectivity index (χ4n) is 3.14. The van der Waals surface area contributed by atoms with E-state index >= 15 is 0 Å². The topological polar surface area (TPSA) is 110 Å². The lowest BCUT2D eigenvalue weighted by molar-refractivity contribution is -0.129. The van der Waals surface area contributed by atoms with Gasteiger partial charge >= 0.3 is 0 Å². The molecule has 2 aromatic rings. The van der Waals surface area contributed by atoms with Gasteiger partial charge in [0.1, 0.15) is 0 Å². The van der Waals surface area contributed by atoms with Crippen LogP contribution >= 0.6 is 0 Å². The summed E-state index contributed by atoms with van der Waals surface area (Å²) in [6.07, 6.45) is 0.196. The maximum Gasteiger partial charge on any atom is 0.238 e. The van der Waals surface area contributed by atoms with Gasteiger partial charge in [-0.3, -0.25) is 9.59 Å². The Hall–Kier alpha value is -2.71. The lowest BCUT2D eigenvalue weighted by atomic mass is 10.1. The monoisotopic (exact) mass is 401 g/mol. The first-order valence-electron chi connectivity index (χ1n) is 8.95. The number of sulfonamides is 1. The van der Waals surface area contributed by atoms with Gasteiger partial charge in [-0.1, -0.05) is 42.0 Å². The molecule has 0 spiro atoms. The lowest BCUT2D eigenvalue weighted by Crippen LogP contribution is -2.32. The molecule has 0 bridgehead atoms. The maximum absolute atomic E-state index is 12.4. The highest BCUT2D eigenvalue weighted by Gasteiger charge is 2.34. The van der Waals surface area contributed by atoms with Crippen molar-refractivity contribution < 1.29 is 18.0 Å². The molecule has 7 nitrogen and oxygen atoms in total. The van der Waals surface area contributed by atoms with Crippen molar-refractivity contribution in [3.05, 3.63) is 65.2 Å². The Morgan fingerprint density at radius 1 is 1.11 bits per heavy atom. The third-order valence-corrected chi connectivity index (χ3v) is 5.73.